The molecule has 0 atom stereocenters. The fourth-order valence-corrected chi connectivity index (χ4v) is 1.34. The summed E-state index contributed by atoms with van der Waals surface area (Å²) >= 11 is 0. The average Bonchev–Trinajstić information content (AvgIpc) is 2.09. The summed E-state index contributed by atoms with van der Waals surface area (Å²) in [6.45, 7) is 5.94. The van der Waals surface area contributed by atoms with Crippen molar-refractivity contribution >= 4 is 5.69 Å². The predicted molar refractivity (Wildman–Crippen MR) is 58.1 cm³/mol. The minimum Gasteiger partial charge on any atom is -0.385 e. The van der Waals surface area contributed by atoms with E-state index in [1.54, 1.807) is 0 Å². The lowest BCUT2D eigenvalue weighted by atomic mass is 10.1. The van der Waals surface area contributed by atoms with Crippen LogP contribution in [0, 0.1) is 13.8 Å². The molecule has 0 amide bonds. The normalized spacial score (nSPS) is 10.1. The quantitative estimate of drug-likeness (QED) is 0.693. The maximum atomic E-state index is 5.41. The molecule has 1 aromatic rings. The SMILES string of the molecule is Cc1ccc(NCCCN)c(C)c1. The van der Waals surface area contributed by atoms with Crippen molar-refractivity contribution in [2.75, 3.05) is 18.4 Å². The van der Waals surface area contributed by atoms with Crippen molar-refractivity contribution in [3.05, 3.63) is 29.3 Å². The molecule has 2 heteroatoms. The zero-order valence-corrected chi connectivity index (χ0v) is 8.43. The van der Waals surface area contributed by atoms with Gasteiger partial charge in [0.05, 0.1) is 0 Å². The van der Waals surface area contributed by atoms with Gasteiger partial charge in [0.1, 0.15) is 0 Å². The molecule has 13 heavy (non-hydrogen) atoms. The van der Waals surface area contributed by atoms with E-state index in [1.807, 2.05) is 0 Å². The van der Waals surface area contributed by atoms with Crippen LogP contribution in [0.3, 0.4) is 0 Å². The van der Waals surface area contributed by atoms with Crippen LogP contribution in [0.25, 0.3) is 0 Å². The van der Waals surface area contributed by atoms with Gasteiger partial charge in [-0.25, -0.2) is 0 Å². The molecule has 0 saturated heterocycles. The molecule has 0 bridgehead atoms. The van der Waals surface area contributed by atoms with Crippen LogP contribution >= 0.6 is 0 Å². The molecule has 0 saturated carbocycles. The van der Waals surface area contributed by atoms with E-state index in [9.17, 15) is 0 Å². The third-order valence-corrected chi connectivity index (χ3v) is 2.08. The lowest BCUT2D eigenvalue weighted by Crippen LogP contribution is -2.09. The Labute approximate surface area is 80.1 Å². The molecule has 0 radical (unpaired) electrons. The van der Waals surface area contributed by atoms with Crippen molar-refractivity contribution in [2.24, 2.45) is 5.73 Å². The lowest BCUT2D eigenvalue weighted by molar-refractivity contribution is 0.873. The monoisotopic (exact) mass is 178 g/mol. The van der Waals surface area contributed by atoms with Crippen LogP contribution in [0.15, 0.2) is 18.2 Å². The number of hydrogen-bond donors (Lipinski definition) is 2. The zero-order chi connectivity index (χ0) is 9.68. The maximum Gasteiger partial charge on any atom is 0.0370 e. The molecule has 0 heterocycles. The van der Waals surface area contributed by atoms with Gasteiger partial charge in [-0.15, -0.1) is 0 Å². The molecule has 0 fully saturated rings. The second-order valence-corrected chi connectivity index (χ2v) is 3.39. The molecule has 0 unspecified atom stereocenters. The van der Waals surface area contributed by atoms with Gasteiger partial charge in [0.2, 0.25) is 0 Å². The Morgan fingerprint density at radius 2 is 2.08 bits per heavy atom. The van der Waals surface area contributed by atoms with E-state index in [0.717, 1.165) is 19.5 Å². The molecule has 1 aromatic carbocycles. The van der Waals surface area contributed by atoms with E-state index in [4.69, 9.17) is 5.73 Å². The highest BCUT2D eigenvalue weighted by Crippen LogP contribution is 2.15. The largest absolute Gasteiger partial charge is 0.385 e. The van der Waals surface area contributed by atoms with E-state index < -0.39 is 0 Å². The number of anilines is 1. The number of nitrogens with one attached hydrogen (secondary N) is 1. The topological polar surface area (TPSA) is 38.0 Å². The maximum absolute atomic E-state index is 5.41. The predicted octanol–water partition coefficient (Wildman–Crippen LogP) is 2.06. The number of rotatable bonds is 4. The molecule has 0 spiro atoms. The van der Waals surface area contributed by atoms with Gasteiger partial charge in [-0.3, -0.25) is 0 Å². The Morgan fingerprint density at radius 1 is 1.31 bits per heavy atom. The molecule has 0 aliphatic rings. The van der Waals surface area contributed by atoms with Gasteiger partial charge in [-0.2, -0.15) is 0 Å². The second kappa shape index (κ2) is 4.87. The second-order valence-electron chi connectivity index (χ2n) is 3.39. The number of nitrogens with two attached hydrogens (primary N) is 1. The van der Waals surface area contributed by atoms with Crippen LogP contribution in [0.4, 0.5) is 5.69 Å². The van der Waals surface area contributed by atoms with Crippen molar-refractivity contribution in [3.8, 4) is 0 Å². The summed E-state index contributed by atoms with van der Waals surface area (Å²) in [4.78, 5) is 0. The third-order valence-electron chi connectivity index (χ3n) is 2.08. The summed E-state index contributed by atoms with van der Waals surface area (Å²) in [6.07, 6.45) is 1.02. The van der Waals surface area contributed by atoms with Crippen molar-refractivity contribution in [3.63, 3.8) is 0 Å². The first-order valence-electron chi connectivity index (χ1n) is 4.75. The van der Waals surface area contributed by atoms with Gasteiger partial charge >= 0.3 is 0 Å². The lowest BCUT2D eigenvalue weighted by Gasteiger charge is -2.09. The van der Waals surface area contributed by atoms with Gasteiger partial charge in [0.15, 0.2) is 0 Å². The van der Waals surface area contributed by atoms with Crippen LogP contribution in [0.5, 0.6) is 0 Å². The smallest absolute Gasteiger partial charge is 0.0370 e. The van der Waals surface area contributed by atoms with E-state index in [-0.39, 0.29) is 0 Å². The van der Waals surface area contributed by atoms with Crippen molar-refractivity contribution in [2.45, 2.75) is 20.3 Å². The van der Waals surface area contributed by atoms with E-state index in [1.165, 1.54) is 16.8 Å². The number of hydrogen-bond acceptors (Lipinski definition) is 2. The number of aryl methyl sites for hydroxylation is 2. The van der Waals surface area contributed by atoms with Crippen LogP contribution < -0.4 is 11.1 Å². The fraction of sp³-hybridized carbons (Fsp3) is 0.455. The minimum atomic E-state index is 0.748. The highest BCUT2D eigenvalue weighted by atomic mass is 14.9. The molecule has 3 N–H and O–H groups in total. The molecule has 72 valence electrons. The molecular weight excluding hydrogens is 160 g/mol. The van der Waals surface area contributed by atoms with Crippen molar-refractivity contribution < 1.29 is 0 Å². The summed E-state index contributed by atoms with van der Waals surface area (Å²) in [7, 11) is 0. The molecule has 2 nitrogen and oxygen atoms in total. The van der Waals surface area contributed by atoms with Crippen LogP contribution in [-0.4, -0.2) is 13.1 Å². The number of benzene rings is 1. The Morgan fingerprint density at radius 3 is 2.69 bits per heavy atom. The summed E-state index contributed by atoms with van der Waals surface area (Å²) in [5.41, 5.74) is 9.25. The Kier molecular flexibility index (Phi) is 3.77. The first kappa shape index (κ1) is 10.1. The van der Waals surface area contributed by atoms with Gasteiger partial charge in [-0.1, -0.05) is 17.7 Å². The molecule has 0 aliphatic heterocycles. The summed E-state index contributed by atoms with van der Waals surface area (Å²) in [5.74, 6) is 0. The zero-order valence-electron chi connectivity index (χ0n) is 8.43. The summed E-state index contributed by atoms with van der Waals surface area (Å²) in [5, 5.41) is 3.36. The van der Waals surface area contributed by atoms with Crippen molar-refractivity contribution in [1.29, 1.82) is 0 Å². The Balaban J connectivity index is 2.56. The van der Waals surface area contributed by atoms with Gasteiger partial charge in [0, 0.05) is 12.2 Å². The highest BCUT2D eigenvalue weighted by molar-refractivity contribution is 5.51. The summed E-state index contributed by atoms with van der Waals surface area (Å²) < 4.78 is 0. The van der Waals surface area contributed by atoms with Crippen LogP contribution in [0.2, 0.25) is 0 Å². The average molecular weight is 178 g/mol. The summed E-state index contributed by atoms with van der Waals surface area (Å²) in [6, 6.07) is 6.43. The first-order valence-corrected chi connectivity index (χ1v) is 4.75. The molecular formula is C11H18N2. The first-order chi connectivity index (χ1) is 6.24. The standard InChI is InChI=1S/C11H18N2/c1-9-4-5-11(10(2)8-9)13-7-3-6-12/h4-5,8,13H,3,6-7,12H2,1-2H3. The minimum absolute atomic E-state index is 0.748. The van der Waals surface area contributed by atoms with E-state index >= 15 is 0 Å². The van der Waals surface area contributed by atoms with E-state index in [0.29, 0.717) is 0 Å². The van der Waals surface area contributed by atoms with Gasteiger partial charge in [0.25, 0.3) is 0 Å². The molecule has 1 rings (SSSR count). The highest BCUT2D eigenvalue weighted by Gasteiger charge is 1.96. The van der Waals surface area contributed by atoms with Gasteiger partial charge in [-0.05, 0) is 38.4 Å². The molecule has 0 aromatic heterocycles. The van der Waals surface area contributed by atoms with Crippen molar-refractivity contribution in [1.82, 2.24) is 0 Å². The Bertz CT molecular complexity index is 269. The fourth-order valence-electron chi connectivity index (χ4n) is 1.34. The molecule has 0 aliphatic carbocycles. The Hall–Kier alpha value is -1.02. The van der Waals surface area contributed by atoms with Crippen LogP contribution in [0.1, 0.15) is 17.5 Å². The van der Waals surface area contributed by atoms with E-state index in [2.05, 4.69) is 37.4 Å². The van der Waals surface area contributed by atoms with Crippen LogP contribution in [-0.2, 0) is 0 Å². The van der Waals surface area contributed by atoms with Gasteiger partial charge < -0.3 is 11.1 Å². The third kappa shape index (κ3) is 3.07.